The normalized spacial score (nSPS) is 17.8. The number of amides is 1. The summed E-state index contributed by atoms with van der Waals surface area (Å²) in [5, 5.41) is 24.9. The van der Waals surface area contributed by atoms with E-state index in [1.165, 1.54) is 34.1 Å². The number of carbonyl (C=O) groups excluding carboxylic acids is 2. The molecule has 1 N–H and O–H groups in total. The molecule has 3 heterocycles. The van der Waals surface area contributed by atoms with Crippen LogP contribution in [0.2, 0.25) is 0 Å². The Bertz CT molecular complexity index is 1310. The predicted molar refractivity (Wildman–Crippen MR) is 122 cm³/mol. The highest BCUT2D eigenvalue weighted by atomic mass is 16.6. The standard InChI is InChI=1S/C24H25N5O5/c1-15-20(27-13-5-4-7-18(27)25-15)22(30)19-21(16-8-10-17(11-9-16)29(33)34)28(24(32)23(19)31)14-6-12-26(2)3/h4-5,7-11,13,21,30H,6,12,14H2,1-3H3. The van der Waals surface area contributed by atoms with Crippen molar-refractivity contribution in [3.05, 3.63) is 81.3 Å². The molecule has 3 aromatic rings. The molecular weight excluding hydrogens is 438 g/mol. The third-order valence-electron chi connectivity index (χ3n) is 5.94. The van der Waals surface area contributed by atoms with Gasteiger partial charge in [-0.3, -0.25) is 19.7 Å². The van der Waals surface area contributed by atoms with Crippen LogP contribution in [0, 0.1) is 17.0 Å². The quantitative estimate of drug-likeness (QED) is 0.177. The fraction of sp³-hybridized carbons (Fsp3) is 0.292. The van der Waals surface area contributed by atoms with Gasteiger partial charge < -0.3 is 19.3 Å². The molecule has 1 aliphatic rings. The van der Waals surface area contributed by atoms with E-state index in [1.807, 2.05) is 14.1 Å². The minimum Gasteiger partial charge on any atom is -0.871 e. The molecule has 2 aromatic heterocycles. The summed E-state index contributed by atoms with van der Waals surface area (Å²) in [7, 11) is 3.97. The number of hydrogen-bond acceptors (Lipinski definition) is 6. The molecule has 1 aliphatic heterocycles. The average Bonchev–Trinajstić information content (AvgIpc) is 3.27. The lowest BCUT2D eigenvalue weighted by atomic mass is 9.96. The van der Waals surface area contributed by atoms with Gasteiger partial charge in [0.2, 0.25) is 5.78 Å². The fourth-order valence-electron chi connectivity index (χ4n) is 4.34. The molecule has 0 spiro atoms. The van der Waals surface area contributed by atoms with E-state index in [9.17, 15) is 24.8 Å². The molecule has 0 radical (unpaired) electrons. The number of carbonyl (C=O) groups is 2. The highest BCUT2D eigenvalue weighted by Gasteiger charge is 2.44. The van der Waals surface area contributed by atoms with Crippen molar-refractivity contribution in [1.82, 2.24) is 14.3 Å². The van der Waals surface area contributed by atoms with E-state index in [0.717, 1.165) is 6.54 Å². The topological polar surface area (TPSA) is 125 Å². The summed E-state index contributed by atoms with van der Waals surface area (Å²) < 4.78 is 1.60. The number of aromatic nitrogens is 2. The number of pyridine rings is 1. The number of benzene rings is 1. The Kier molecular flexibility index (Phi) is 6.16. The fourth-order valence-corrected chi connectivity index (χ4v) is 4.34. The second-order valence-corrected chi connectivity index (χ2v) is 8.61. The zero-order chi connectivity index (χ0) is 24.6. The number of non-ortho nitro benzene ring substituents is 1. The first-order chi connectivity index (χ1) is 16.2. The lowest BCUT2D eigenvalue weighted by Gasteiger charge is -2.27. The Morgan fingerprint density at radius 3 is 2.50 bits per heavy atom. The summed E-state index contributed by atoms with van der Waals surface area (Å²) in [6.45, 7) is 2.72. The van der Waals surface area contributed by atoms with Gasteiger partial charge in [-0.25, -0.2) is 4.98 Å². The van der Waals surface area contributed by atoms with Crippen molar-refractivity contribution in [1.29, 1.82) is 0 Å². The number of quaternary nitrogens is 1. The largest absolute Gasteiger partial charge is 0.871 e. The molecule has 0 aliphatic carbocycles. The SMILES string of the molecule is Cc1nc2ccccn2c1C([O-])=C1C(=O)C(=O)N(CCC[NH+](C)C)C1c1ccc([N+](=O)[O-])cc1. The summed E-state index contributed by atoms with van der Waals surface area (Å²) in [6, 6.07) is 9.97. The van der Waals surface area contributed by atoms with Gasteiger partial charge in [-0.15, -0.1) is 0 Å². The van der Waals surface area contributed by atoms with Crippen LogP contribution in [0.3, 0.4) is 0 Å². The molecule has 1 amide bonds. The second kappa shape index (κ2) is 9.06. The van der Waals surface area contributed by atoms with E-state index in [1.54, 1.807) is 35.7 Å². The minimum absolute atomic E-state index is 0.118. The van der Waals surface area contributed by atoms with Crippen molar-refractivity contribution in [2.75, 3.05) is 27.2 Å². The summed E-state index contributed by atoms with van der Waals surface area (Å²) in [6.07, 6.45) is 2.31. The van der Waals surface area contributed by atoms with Crippen LogP contribution in [-0.2, 0) is 9.59 Å². The molecule has 4 rings (SSSR count). The summed E-state index contributed by atoms with van der Waals surface area (Å²) in [4.78, 5) is 43.8. The number of rotatable bonds is 7. The van der Waals surface area contributed by atoms with Crippen molar-refractivity contribution in [3.8, 4) is 0 Å². The van der Waals surface area contributed by atoms with Crippen LogP contribution < -0.4 is 10.0 Å². The molecular formula is C24H25N5O5. The third-order valence-corrected chi connectivity index (χ3v) is 5.94. The Morgan fingerprint density at radius 1 is 1.15 bits per heavy atom. The first kappa shape index (κ1) is 23.1. The maximum absolute atomic E-state index is 13.8. The average molecular weight is 463 g/mol. The first-order valence-electron chi connectivity index (χ1n) is 10.9. The Balaban J connectivity index is 1.87. The third kappa shape index (κ3) is 4.03. The highest BCUT2D eigenvalue weighted by Crippen LogP contribution is 2.39. The number of aryl methyl sites for hydroxylation is 1. The Hall–Kier alpha value is -4.05. The van der Waals surface area contributed by atoms with Crippen LogP contribution in [0.25, 0.3) is 11.4 Å². The summed E-state index contributed by atoms with van der Waals surface area (Å²) in [5.74, 6) is -2.17. The molecule has 176 valence electrons. The van der Waals surface area contributed by atoms with Gasteiger partial charge in [0.15, 0.2) is 0 Å². The zero-order valence-corrected chi connectivity index (χ0v) is 19.1. The molecule has 0 bridgehead atoms. The van der Waals surface area contributed by atoms with Crippen LogP contribution in [0.5, 0.6) is 0 Å². The van der Waals surface area contributed by atoms with E-state index in [-0.39, 0.29) is 23.5 Å². The van der Waals surface area contributed by atoms with Crippen LogP contribution in [0.1, 0.15) is 29.4 Å². The van der Waals surface area contributed by atoms with E-state index < -0.39 is 28.4 Å². The smallest absolute Gasteiger partial charge is 0.295 e. The number of nitrogens with one attached hydrogen (secondary N) is 1. The summed E-state index contributed by atoms with van der Waals surface area (Å²) >= 11 is 0. The first-order valence-corrected chi connectivity index (χ1v) is 10.9. The highest BCUT2D eigenvalue weighted by molar-refractivity contribution is 6.46. The van der Waals surface area contributed by atoms with Gasteiger partial charge in [-0.2, -0.15) is 0 Å². The molecule has 0 saturated carbocycles. The number of ketones is 1. The van der Waals surface area contributed by atoms with Gasteiger partial charge in [0.1, 0.15) is 5.65 Å². The van der Waals surface area contributed by atoms with E-state index in [0.29, 0.717) is 23.3 Å². The molecule has 10 heteroatoms. The van der Waals surface area contributed by atoms with Gasteiger partial charge in [0.05, 0.1) is 43.0 Å². The van der Waals surface area contributed by atoms with Gasteiger partial charge in [-0.1, -0.05) is 11.8 Å². The molecule has 10 nitrogen and oxygen atoms in total. The van der Waals surface area contributed by atoms with Crippen molar-refractivity contribution in [2.24, 2.45) is 0 Å². The molecule has 34 heavy (non-hydrogen) atoms. The molecule has 1 saturated heterocycles. The number of imidazole rings is 1. The van der Waals surface area contributed by atoms with Crippen molar-refractivity contribution in [3.63, 3.8) is 0 Å². The van der Waals surface area contributed by atoms with Gasteiger partial charge >= 0.3 is 0 Å². The maximum atomic E-state index is 13.8. The second-order valence-electron chi connectivity index (χ2n) is 8.61. The number of nitro groups is 1. The van der Waals surface area contributed by atoms with Crippen molar-refractivity contribution >= 4 is 28.8 Å². The molecule has 1 fully saturated rings. The maximum Gasteiger partial charge on any atom is 0.295 e. The number of likely N-dealkylation sites (tertiary alicyclic amines) is 1. The molecule has 1 aromatic carbocycles. The Morgan fingerprint density at radius 2 is 1.85 bits per heavy atom. The monoisotopic (exact) mass is 463 g/mol. The number of Topliss-reactive ketones (excluding diaryl/α,β-unsaturated/α-hetero) is 1. The van der Waals surface area contributed by atoms with Crippen molar-refractivity contribution in [2.45, 2.75) is 19.4 Å². The lowest BCUT2D eigenvalue weighted by molar-refractivity contribution is -0.858. The molecule has 1 atom stereocenters. The zero-order valence-electron chi connectivity index (χ0n) is 19.1. The van der Waals surface area contributed by atoms with Gasteiger partial charge in [-0.05, 0) is 36.8 Å². The minimum atomic E-state index is -0.931. The number of nitro benzene ring substituents is 1. The number of hydrogen-bond donors (Lipinski definition) is 1. The summed E-state index contributed by atoms with van der Waals surface area (Å²) in [5.41, 5.74) is 1.41. The van der Waals surface area contributed by atoms with Crippen LogP contribution in [0.4, 0.5) is 5.69 Å². The van der Waals surface area contributed by atoms with Crippen molar-refractivity contribution < 1.29 is 24.5 Å². The predicted octanol–water partition coefficient (Wildman–Crippen LogP) is 0.310. The van der Waals surface area contributed by atoms with Gasteiger partial charge in [0.25, 0.3) is 11.6 Å². The number of nitrogens with zero attached hydrogens (tertiary/aromatic N) is 4. The molecule has 1 unspecified atom stereocenters. The van der Waals surface area contributed by atoms with Crippen LogP contribution in [-0.4, -0.2) is 58.1 Å². The van der Waals surface area contributed by atoms with Crippen LogP contribution >= 0.6 is 0 Å². The van der Waals surface area contributed by atoms with Crippen LogP contribution in [0.15, 0.2) is 54.2 Å². The van der Waals surface area contributed by atoms with E-state index in [2.05, 4.69) is 4.98 Å². The van der Waals surface area contributed by atoms with E-state index >= 15 is 0 Å². The Labute approximate surface area is 195 Å². The number of fused-ring (bicyclic) bond motifs is 1. The van der Waals surface area contributed by atoms with Gasteiger partial charge in [0, 0.05) is 36.9 Å². The lowest BCUT2D eigenvalue weighted by Crippen LogP contribution is -3.05. The van der Waals surface area contributed by atoms with E-state index in [4.69, 9.17) is 0 Å².